The van der Waals surface area contributed by atoms with Crippen LogP contribution in [0.2, 0.25) is 0 Å². The van der Waals surface area contributed by atoms with Gasteiger partial charge in [-0.05, 0) is 17.9 Å². The van der Waals surface area contributed by atoms with E-state index in [-0.39, 0.29) is 25.0 Å². The molecule has 1 unspecified atom stereocenters. The van der Waals surface area contributed by atoms with Gasteiger partial charge in [-0.3, -0.25) is 9.69 Å². The van der Waals surface area contributed by atoms with E-state index < -0.39 is 12.1 Å². The highest BCUT2D eigenvalue weighted by Crippen LogP contribution is 2.26. The van der Waals surface area contributed by atoms with Gasteiger partial charge in [0.2, 0.25) is 0 Å². The van der Waals surface area contributed by atoms with Crippen molar-refractivity contribution in [2.45, 2.75) is 12.5 Å². The van der Waals surface area contributed by atoms with Crippen molar-refractivity contribution in [2.24, 2.45) is 5.73 Å². The number of hydrogen-bond donors (Lipinski definition) is 1. The van der Waals surface area contributed by atoms with Crippen molar-refractivity contribution >= 4 is 28.7 Å². The minimum absolute atomic E-state index is 0.156. The molecular weight excluding hydrogens is 360 g/mol. The Bertz CT molecular complexity index is 926. The number of primary amides is 1. The van der Waals surface area contributed by atoms with Gasteiger partial charge in [-0.25, -0.2) is 9.59 Å². The number of amides is 5. The van der Waals surface area contributed by atoms with Crippen LogP contribution in [0, 0.1) is 0 Å². The van der Waals surface area contributed by atoms with Gasteiger partial charge in [-0.2, -0.15) is 0 Å². The molecule has 2 heterocycles. The average Bonchev–Trinajstić information content (AvgIpc) is 2.95. The molecule has 146 valence electrons. The van der Waals surface area contributed by atoms with Gasteiger partial charge in [0.1, 0.15) is 11.8 Å². The Morgan fingerprint density at radius 1 is 1.11 bits per heavy atom. The minimum atomic E-state index is -0.632. The van der Waals surface area contributed by atoms with Crippen LogP contribution < -0.4 is 10.5 Å². The fourth-order valence-electron chi connectivity index (χ4n) is 3.78. The largest absolute Gasteiger partial charge is 0.493 e. The molecule has 2 aliphatic rings. The first-order valence-corrected chi connectivity index (χ1v) is 9.33. The Balaban J connectivity index is 1.34. The predicted octanol–water partition coefficient (Wildman–Crippen LogP) is 1.64. The number of hydrogen-bond acceptors (Lipinski definition) is 4. The number of fused-ring (bicyclic) bond motifs is 2. The molecule has 0 saturated carbocycles. The van der Waals surface area contributed by atoms with Gasteiger partial charge in [0, 0.05) is 25.0 Å². The molecule has 8 heteroatoms. The Morgan fingerprint density at radius 3 is 2.71 bits per heavy atom. The van der Waals surface area contributed by atoms with Gasteiger partial charge < -0.3 is 20.3 Å². The summed E-state index contributed by atoms with van der Waals surface area (Å²) in [5, 5.41) is 2.13. The molecule has 8 nitrogen and oxygen atoms in total. The third-order valence-electron chi connectivity index (χ3n) is 5.25. The summed E-state index contributed by atoms with van der Waals surface area (Å²) in [6.07, 6.45) is 0.529. The second kappa shape index (κ2) is 7.38. The molecule has 2 aromatic rings. The Kier molecular flexibility index (Phi) is 4.77. The van der Waals surface area contributed by atoms with Crippen LogP contribution in [0.25, 0.3) is 10.8 Å². The van der Waals surface area contributed by atoms with Crippen LogP contribution in [0.1, 0.15) is 6.42 Å². The average molecular weight is 382 g/mol. The van der Waals surface area contributed by atoms with Gasteiger partial charge in [-0.1, -0.05) is 36.4 Å². The molecule has 0 aromatic heterocycles. The van der Waals surface area contributed by atoms with Crippen molar-refractivity contribution in [3.05, 3.63) is 42.5 Å². The standard InChI is InChI=1S/C20H22N4O4/c21-19(26)22-10-11-23-16(13-22)18(25)24(20(23)27)9-4-12-28-17-8-3-6-14-5-1-2-7-15(14)17/h1-3,5-8,16H,4,9-13H2,(H2,21,26). The second-order valence-corrected chi connectivity index (χ2v) is 6.95. The number of urea groups is 2. The number of rotatable bonds is 5. The normalized spacial score (nSPS) is 19.3. The molecule has 4 rings (SSSR count). The highest BCUT2D eigenvalue weighted by Gasteiger charge is 2.47. The Hall–Kier alpha value is -3.29. The van der Waals surface area contributed by atoms with E-state index in [1.54, 1.807) is 0 Å². The lowest BCUT2D eigenvalue weighted by atomic mass is 10.1. The molecule has 2 fully saturated rings. The fourth-order valence-corrected chi connectivity index (χ4v) is 3.78. The summed E-state index contributed by atoms with van der Waals surface area (Å²) in [6.45, 7) is 1.50. The van der Waals surface area contributed by atoms with E-state index in [1.807, 2.05) is 42.5 Å². The quantitative estimate of drug-likeness (QED) is 0.628. The molecule has 2 saturated heterocycles. The lowest BCUT2D eigenvalue weighted by Crippen LogP contribution is -2.55. The van der Waals surface area contributed by atoms with Crippen LogP contribution in [0.3, 0.4) is 0 Å². The van der Waals surface area contributed by atoms with E-state index >= 15 is 0 Å². The molecule has 2 N–H and O–H groups in total. The highest BCUT2D eigenvalue weighted by molar-refractivity contribution is 6.04. The van der Waals surface area contributed by atoms with Gasteiger partial charge in [0.15, 0.2) is 0 Å². The SMILES string of the molecule is NC(=O)N1CCN2C(=O)N(CCCOc3cccc4ccccc34)C(=O)C2C1. The zero-order valence-corrected chi connectivity index (χ0v) is 15.4. The fraction of sp³-hybridized carbons (Fsp3) is 0.350. The van der Waals surface area contributed by atoms with Gasteiger partial charge in [-0.15, -0.1) is 0 Å². The summed E-state index contributed by atoms with van der Waals surface area (Å²) < 4.78 is 5.88. The lowest BCUT2D eigenvalue weighted by molar-refractivity contribution is -0.129. The number of piperazine rings is 1. The Labute approximate surface area is 162 Å². The van der Waals surface area contributed by atoms with Crippen molar-refractivity contribution < 1.29 is 19.1 Å². The van der Waals surface area contributed by atoms with E-state index in [9.17, 15) is 14.4 Å². The molecule has 1 atom stereocenters. The van der Waals surface area contributed by atoms with Crippen LogP contribution in [-0.2, 0) is 4.79 Å². The summed E-state index contributed by atoms with van der Waals surface area (Å²) in [5.41, 5.74) is 5.30. The van der Waals surface area contributed by atoms with E-state index in [1.165, 1.54) is 14.7 Å². The van der Waals surface area contributed by atoms with Crippen LogP contribution in [0.15, 0.2) is 42.5 Å². The maximum absolute atomic E-state index is 12.6. The zero-order valence-electron chi connectivity index (χ0n) is 15.4. The number of imide groups is 1. The number of benzene rings is 2. The zero-order chi connectivity index (χ0) is 19.7. The number of ether oxygens (including phenoxy) is 1. The lowest BCUT2D eigenvalue weighted by Gasteiger charge is -2.34. The second-order valence-electron chi connectivity index (χ2n) is 6.95. The first-order valence-electron chi connectivity index (χ1n) is 9.33. The third-order valence-corrected chi connectivity index (χ3v) is 5.25. The van der Waals surface area contributed by atoms with E-state index in [4.69, 9.17) is 10.5 Å². The topological polar surface area (TPSA) is 96.2 Å². The number of nitrogens with zero attached hydrogens (tertiary/aromatic N) is 3. The molecule has 0 bridgehead atoms. The number of carbonyl (C=O) groups excluding carboxylic acids is 3. The van der Waals surface area contributed by atoms with Crippen LogP contribution in [0.5, 0.6) is 5.75 Å². The van der Waals surface area contributed by atoms with Gasteiger partial charge in [0.05, 0.1) is 13.2 Å². The summed E-state index contributed by atoms with van der Waals surface area (Å²) >= 11 is 0. The van der Waals surface area contributed by atoms with E-state index in [2.05, 4.69) is 0 Å². The molecule has 28 heavy (non-hydrogen) atoms. The van der Waals surface area contributed by atoms with Crippen molar-refractivity contribution in [2.75, 3.05) is 32.8 Å². The maximum atomic E-state index is 12.6. The van der Waals surface area contributed by atoms with Crippen molar-refractivity contribution in [1.82, 2.24) is 14.7 Å². The van der Waals surface area contributed by atoms with Crippen LogP contribution in [0.4, 0.5) is 9.59 Å². The van der Waals surface area contributed by atoms with Gasteiger partial charge in [0.25, 0.3) is 5.91 Å². The third kappa shape index (κ3) is 3.21. The Morgan fingerprint density at radius 2 is 1.89 bits per heavy atom. The van der Waals surface area contributed by atoms with Crippen molar-refractivity contribution in [1.29, 1.82) is 0 Å². The molecule has 5 amide bonds. The number of nitrogens with two attached hydrogens (primary N) is 1. The first-order chi connectivity index (χ1) is 13.6. The molecule has 0 radical (unpaired) electrons. The molecule has 0 aliphatic carbocycles. The molecule has 2 aliphatic heterocycles. The summed E-state index contributed by atoms with van der Waals surface area (Å²) in [6, 6.07) is 12.3. The molecule has 2 aromatic carbocycles. The summed E-state index contributed by atoms with van der Waals surface area (Å²) in [4.78, 5) is 40.7. The molecule has 0 spiro atoms. The van der Waals surface area contributed by atoms with E-state index in [0.29, 0.717) is 26.1 Å². The highest BCUT2D eigenvalue weighted by atomic mass is 16.5. The maximum Gasteiger partial charge on any atom is 0.327 e. The van der Waals surface area contributed by atoms with Gasteiger partial charge >= 0.3 is 12.1 Å². The van der Waals surface area contributed by atoms with Crippen LogP contribution >= 0.6 is 0 Å². The first kappa shape index (κ1) is 18.1. The monoisotopic (exact) mass is 382 g/mol. The van der Waals surface area contributed by atoms with Crippen molar-refractivity contribution in [3.8, 4) is 5.75 Å². The smallest absolute Gasteiger partial charge is 0.327 e. The van der Waals surface area contributed by atoms with Crippen LogP contribution in [-0.4, -0.2) is 71.5 Å². The minimum Gasteiger partial charge on any atom is -0.493 e. The molecular formula is C20H22N4O4. The predicted molar refractivity (Wildman–Crippen MR) is 103 cm³/mol. The number of carbonyl (C=O) groups is 3. The summed E-state index contributed by atoms with van der Waals surface area (Å²) in [5.74, 6) is 0.507. The van der Waals surface area contributed by atoms with Crippen molar-refractivity contribution in [3.63, 3.8) is 0 Å². The summed E-state index contributed by atoms with van der Waals surface area (Å²) in [7, 11) is 0. The van der Waals surface area contributed by atoms with E-state index in [0.717, 1.165) is 16.5 Å².